The van der Waals surface area contributed by atoms with Crippen LogP contribution in [0.25, 0.3) is 0 Å². The van der Waals surface area contributed by atoms with Gasteiger partial charge >= 0.3 is 0 Å². The monoisotopic (exact) mass is 318 g/mol. The fourth-order valence-corrected chi connectivity index (χ4v) is 2.57. The molecular weight excluding hydrogens is 303 g/mol. The number of benzene rings is 2. The van der Waals surface area contributed by atoms with Gasteiger partial charge in [-0.2, -0.15) is 0 Å². The van der Waals surface area contributed by atoms with Crippen LogP contribution in [-0.2, 0) is 4.74 Å². The van der Waals surface area contributed by atoms with Crippen molar-refractivity contribution in [3.63, 3.8) is 0 Å². The minimum absolute atomic E-state index is 0.335. The summed E-state index contributed by atoms with van der Waals surface area (Å²) in [4.78, 5) is 0. The van der Waals surface area contributed by atoms with Gasteiger partial charge in [0, 0.05) is 21.2 Å². The summed E-state index contributed by atoms with van der Waals surface area (Å²) in [6.45, 7) is 7.66. The minimum Gasteiger partial charge on any atom is -0.357 e. The van der Waals surface area contributed by atoms with Crippen LogP contribution in [0.4, 0.5) is 0 Å². The van der Waals surface area contributed by atoms with Gasteiger partial charge in [-0.3, -0.25) is 0 Å². The van der Waals surface area contributed by atoms with E-state index < -0.39 is 0 Å². The Labute approximate surface area is 135 Å². The third-order valence-electron chi connectivity index (χ3n) is 3.14. The van der Waals surface area contributed by atoms with Gasteiger partial charge in [0.05, 0.1) is 0 Å². The molecule has 2 aromatic carbocycles. The average molecular weight is 319 g/mol. The summed E-state index contributed by atoms with van der Waals surface area (Å²) in [6, 6.07) is 15.1. The van der Waals surface area contributed by atoms with Crippen molar-refractivity contribution < 1.29 is 4.74 Å². The van der Waals surface area contributed by atoms with Crippen molar-refractivity contribution in [2.24, 2.45) is 0 Å². The molecule has 0 amide bonds. The van der Waals surface area contributed by atoms with Gasteiger partial charge in [0.25, 0.3) is 0 Å². The van der Waals surface area contributed by atoms with Crippen LogP contribution in [0.15, 0.2) is 73.8 Å². The van der Waals surface area contributed by atoms with E-state index in [4.69, 9.17) is 27.9 Å². The van der Waals surface area contributed by atoms with Crippen LogP contribution in [0.3, 0.4) is 0 Å². The summed E-state index contributed by atoms with van der Waals surface area (Å²) in [7, 11) is 0. The first-order valence-electron chi connectivity index (χ1n) is 6.56. The molecule has 0 N–H and O–H groups in total. The molecule has 21 heavy (non-hydrogen) atoms. The van der Waals surface area contributed by atoms with Crippen molar-refractivity contribution in [1.29, 1.82) is 0 Å². The molecule has 0 bridgehead atoms. The maximum atomic E-state index is 6.22. The van der Waals surface area contributed by atoms with Crippen LogP contribution in [-0.4, -0.2) is 0 Å². The van der Waals surface area contributed by atoms with Crippen LogP contribution >= 0.6 is 23.2 Å². The predicted octanol–water partition coefficient (Wildman–Crippen LogP) is 6.16. The first-order chi connectivity index (χ1) is 10.2. The first-order valence-corrected chi connectivity index (χ1v) is 7.32. The second-order valence-corrected chi connectivity index (χ2v) is 5.31. The van der Waals surface area contributed by atoms with E-state index in [0.717, 1.165) is 11.1 Å². The lowest BCUT2D eigenvalue weighted by Crippen LogP contribution is -2.08. The number of hydrogen-bond donors (Lipinski definition) is 0. The molecule has 2 unspecified atom stereocenters. The van der Waals surface area contributed by atoms with Crippen LogP contribution < -0.4 is 0 Å². The molecule has 0 heterocycles. The lowest BCUT2D eigenvalue weighted by molar-refractivity contribution is 0.0404. The van der Waals surface area contributed by atoms with Crippen LogP contribution in [0.5, 0.6) is 0 Å². The van der Waals surface area contributed by atoms with E-state index in [1.165, 1.54) is 0 Å². The zero-order chi connectivity index (χ0) is 15.2. The quantitative estimate of drug-likeness (QED) is 0.579. The summed E-state index contributed by atoms with van der Waals surface area (Å²) in [6.07, 6.45) is 2.76. The number of halogens is 2. The SMILES string of the molecule is C=CC(OC(C=C)c1ccccc1Cl)c1ccccc1Cl. The second kappa shape index (κ2) is 7.46. The molecule has 0 aliphatic carbocycles. The zero-order valence-electron chi connectivity index (χ0n) is 11.5. The fraction of sp³-hybridized carbons (Fsp3) is 0.111. The molecule has 2 rings (SSSR count). The van der Waals surface area contributed by atoms with E-state index in [1.54, 1.807) is 12.2 Å². The Morgan fingerprint density at radius 2 is 1.14 bits per heavy atom. The van der Waals surface area contributed by atoms with Crippen LogP contribution in [0.2, 0.25) is 10.0 Å². The Morgan fingerprint density at radius 1 is 0.762 bits per heavy atom. The Bertz CT molecular complexity index is 581. The molecule has 1 nitrogen and oxygen atoms in total. The Kier molecular flexibility index (Phi) is 5.63. The smallest absolute Gasteiger partial charge is 0.103 e. The predicted molar refractivity (Wildman–Crippen MR) is 89.9 cm³/mol. The van der Waals surface area contributed by atoms with E-state index in [0.29, 0.717) is 10.0 Å². The summed E-state index contributed by atoms with van der Waals surface area (Å²) < 4.78 is 6.08. The normalized spacial score (nSPS) is 13.4. The van der Waals surface area contributed by atoms with Crippen molar-refractivity contribution in [2.45, 2.75) is 12.2 Å². The number of ether oxygens (including phenoxy) is 1. The summed E-state index contributed by atoms with van der Waals surface area (Å²) in [5.41, 5.74) is 1.74. The van der Waals surface area contributed by atoms with Gasteiger partial charge in [0.2, 0.25) is 0 Å². The molecule has 2 atom stereocenters. The molecule has 0 aliphatic heterocycles. The fourth-order valence-electron chi connectivity index (χ4n) is 2.08. The topological polar surface area (TPSA) is 9.23 Å². The highest BCUT2D eigenvalue weighted by molar-refractivity contribution is 6.31. The van der Waals surface area contributed by atoms with E-state index in [-0.39, 0.29) is 12.2 Å². The lowest BCUT2D eigenvalue weighted by Gasteiger charge is -2.22. The summed E-state index contributed by atoms with van der Waals surface area (Å²) in [5, 5.41) is 1.29. The molecule has 2 aromatic rings. The highest BCUT2D eigenvalue weighted by Gasteiger charge is 2.18. The van der Waals surface area contributed by atoms with E-state index in [2.05, 4.69) is 13.2 Å². The molecule has 3 heteroatoms. The van der Waals surface area contributed by atoms with Gasteiger partial charge in [0.15, 0.2) is 0 Å². The minimum atomic E-state index is -0.335. The summed E-state index contributed by atoms with van der Waals surface area (Å²) in [5.74, 6) is 0. The zero-order valence-corrected chi connectivity index (χ0v) is 13.0. The van der Waals surface area contributed by atoms with Gasteiger partial charge in [-0.25, -0.2) is 0 Å². The molecule has 0 saturated heterocycles. The molecule has 0 saturated carbocycles. The molecule has 0 fully saturated rings. The van der Waals surface area contributed by atoms with Crippen LogP contribution in [0, 0.1) is 0 Å². The van der Waals surface area contributed by atoms with Gasteiger partial charge < -0.3 is 4.74 Å². The maximum Gasteiger partial charge on any atom is 0.103 e. The Hall–Kier alpha value is -1.54. The van der Waals surface area contributed by atoms with E-state index in [9.17, 15) is 0 Å². The van der Waals surface area contributed by atoms with Gasteiger partial charge in [-0.15, -0.1) is 13.2 Å². The number of hydrogen-bond acceptors (Lipinski definition) is 1. The number of rotatable bonds is 6. The van der Waals surface area contributed by atoms with Gasteiger partial charge in [-0.05, 0) is 12.1 Å². The lowest BCUT2D eigenvalue weighted by atomic mass is 10.1. The van der Waals surface area contributed by atoms with Crippen molar-refractivity contribution >= 4 is 23.2 Å². The third kappa shape index (κ3) is 3.76. The average Bonchev–Trinajstić information content (AvgIpc) is 2.51. The Balaban J connectivity index is 2.29. The van der Waals surface area contributed by atoms with Gasteiger partial charge in [0.1, 0.15) is 12.2 Å². The van der Waals surface area contributed by atoms with Crippen molar-refractivity contribution in [3.8, 4) is 0 Å². The molecular formula is C18H16Cl2O. The molecule has 0 aliphatic rings. The standard InChI is InChI=1S/C18H16Cl2O/c1-3-17(13-9-5-7-11-15(13)19)21-18(4-2)14-10-6-8-12-16(14)20/h3-12,17-18H,1-2H2. The van der Waals surface area contributed by atoms with Crippen LogP contribution in [0.1, 0.15) is 23.3 Å². The van der Waals surface area contributed by atoms with E-state index >= 15 is 0 Å². The maximum absolute atomic E-state index is 6.22. The van der Waals surface area contributed by atoms with Crippen molar-refractivity contribution in [3.05, 3.63) is 95.0 Å². The summed E-state index contributed by atoms with van der Waals surface area (Å²) >= 11 is 12.4. The Morgan fingerprint density at radius 3 is 1.48 bits per heavy atom. The molecule has 0 aromatic heterocycles. The highest BCUT2D eigenvalue weighted by Crippen LogP contribution is 2.34. The van der Waals surface area contributed by atoms with E-state index in [1.807, 2.05) is 48.5 Å². The highest BCUT2D eigenvalue weighted by atomic mass is 35.5. The van der Waals surface area contributed by atoms with Crippen molar-refractivity contribution in [2.75, 3.05) is 0 Å². The third-order valence-corrected chi connectivity index (χ3v) is 3.83. The molecule has 0 radical (unpaired) electrons. The first kappa shape index (κ1) is 15.8. The largest absolute Gasteiger partial charge is 0.357 e. The second-order valence-electron chi connectivity index (χ2n) is 4.49. The molecule has 0 spiro atoms. The van der Waals surface area contributed by atoms with Crippen molar-refractivity contribution in [1.82, 2.24) is 0 Å². The molecule has 108 valence electrons. The van der Waals surface area contributed by atoms with Gasteiger partial charge in [-0.1, -0.05) is 71.8 Å².